The van der Waals surface area contributed by atoms with E-state index in [2.05, 4.69) is 4.98 Å². The van der Waals surface area contributed by atoms with E-state index in [1.54, 1.807) is 12.3 Å². The minimum absolute atomic E-state index is 0.152. The van der Waals surface area contributed by atoms with Crippen molar-refractivity contribution in [3.8, 4) is 5.75 Å². The van der Waals surface area contributed by atoms with Crippen molar-refractivity contribution in [2.75, 3.05) is 13.1 Å². The normalized spacial score (nSPS) is 18.6. The number of para-hydroxylation sites is 1. The number of ether oxygens (including phenoxy) is 1. The predicted molar refractivity (Wildman–Crippen MR) is 122 cm³/mol. The number of primary amides is 1. The van der Waals surface area contributed by atoms with Gasteiger partial charge in [-0.15, -0.1) is 0 Å². The molecule has 9 heteroatoms. The van der Waals surface area contributed by atoms with Crippen LogP contribution in [0.5, 0.6) is 5.75 Å². The van der Waals surface area contributed by atoms with Crippen LogP contribution in [0.25, 0.3) is 0 Å². The average molecular weight is 475 g/mol. The lowest BCUT2D eigenvalue weighted by Gasteiger charge is -2.35. The van der Waals surface area contributed by atoms with Gasteiger partial charge in [-0.25, -0.2) is 0 Å². The summed E-state index contributed by atoms with van der Waals surface area (Å²) in [5.74, 6) is 0.633. The van der Waals surface area contributed by atoms with Gasteiger partial charge in [-0.05, 0) is 43.0 Å². The van der Waals surface area contributed by atoms with Crippen molar-refractivity contribution >= 4 is 11.7 Å². The average Bonchev–Trinajstić information content (AvgIpc) is 3.64. The van der Waals surface area contributed by atoms with Gasteiger partial charge in [0.2, 0.25) is 5.91 Å². The number of rotatable bonds is 8. The molecule has 2 aliphatic rings. The Morgan fingerprint density at radius 2 is 1.82 bits per heavy atom. The third-order valence-corrected chi connectivity index (χ3v) is 6.27. The smallest absolute Gasteiger partial charge is 0.419 e. The van der Waals surface area contributed by atoms with Crippen LogP contribution in [-0.2, 0) is 11.0 Å². The summed E-state index contributed by atoms with van der Waals surface area (Å²) in [6.45, 7) is 1.03. The van der Waals surface area contributed by atoms with Crippen LogP contribution in [0.2, 0.25) is 0 Å². The molecule has 0 spiro atoms. The lowest BCUT2D eigenvalue weighted by molar-refractivity contribution is -0.139. The maximum atomic E-state index is 13.3. The lowest BCUT2D eigenvalue weighted by atomic mass is 10.1. The number of halogens is 3. The molecule has 182 valence electrons. The van der Waals surface area contributed by atoms with Crippen molar-refractivity contribution < 1.29 is 22.7 Å². The first-order chi connectivity index (χ1) is 16.3. The number of carbonyl (C=O) groups is 1. The number of amidine groups is 1. The molecule has 2 aromatic rings. The molecule has 2 heterocycles. The number of nitrogens with zero attached hydrogens (tertiary/aromatic N) is 3. The zero-order valence-electron chi connectivity index (χ0n) is 18.9. The molecule has 1 saturated carbocycles. The maximum Gasteiger partial charge on any atom is 0.419 e. The molecule has 1 unspecified atom stereocenters. The summed E-state index contributed by atoms with van der Waals surface area (Å²) in [5, 5.41) is 0. The number of hydrogen-bond donors (Lipinski definition) is 1. The first-order valence-electron chi connectivity index (χ1n) is 11.7. The largest absolute Gasteiger partial charge is 0.490 e. The van der Waals surface area contributed by atoms with Crippen molar-refractivity contribution in [3.63, 3.8) is 0 Å². The number of nitrogens with two attached hydrogens (primary N) is 1. The number of aliphatic imine (C=N–C) groups is 1. The zero-order chi connectivity index (χ0) is 24.1. The second-order valence-corrected chi connectivity index (χ2v) is 8.90. The number of amides is 1. The fourth-order valence-electron chi connectivity index (χ4n) is 4.19. The van der Waals surface area contributed by atoms with Gasteiger partial charge in [-0.3, -0.25) is 14.8 Å². The van der Waals surface area contributed by atoms with E-state index >= 15 is 0 Å². The molecule has 1 atom stereocenters. The summed E-state index contributed by atoms with van der Waals surface area (Å²) < 4.78 is 45.7. The number of piperidine rings is 1. The van der Waals surface area contributed by atoms with Gasteiger partial charge in [0.15, 0.2) is 5.84 Å². The molecule has 1 aliphatic carbocycles. The fourth-order valence-corrected chi connectivity index (χ4v) is 4.19. The summed E-state index contributed by atoms with van der Waals surface area (Å²) in [6.07, 6.45) is 1.76. The Morgan fingerprint density at radius 3 is 2.44 bits per heavy atom. The molecule has 1 aromatic heterocycles. The highest BCUT2D eigenvalue weighted by Crippen LogP contribution is 2.37. The Hall–Kier alpha value is -3.10. The number of aromatic nitrogens is 1. The number of hydrogen-bond acceptors (Lipinski definition) is 4. The monoisotopic (exact) mass is 474 g/mol. The van der Waals surface area contributed by atoms with E-state index < -0.39 is 23.7 Å². The molecule has 2 fully saturated rings. The van der Waals surface area contributed by atoms with Crippen molar-refractivity contribution in [1.29, 1.82) is 0 Å². The van der Waals surface area contributed by atoms with E-state index in [0.717, 1.165) is 12.5 Å². The molecule has 0 bridgehead atoms. The summed E-state index contributed by atoms with van der Waals surface area (Å²) in [7, 11) is 0. The molecular formula is C25H29F3N4O2. The van der Waals surface area contributed by atoms with Gasteiger partial charge in [0.05, 0.1) is 5.56 Å². The number of alkyl halides is 3. The molecule has 6 nitrogen and oxygen atoms in total. The van der Waals surface area contributed by atoms with Gasteiger partial charge in [0.1, 0.15) is 23.6 Å². The molecule has 0 radical (unpaired) electrons. The highest BCUT2D eigenvalue weighted by Gasteiger charge is 2.35. The van der Waals surface area contributed by atoms with Gasteiger partial charge in [-0.1, -0.05) is 31.0 Å². The van der Waals surface area contributed by atoms with Gasteiger partial charge in [0.25, 0.3) is 0 Å². The summed E-state index contributed by atoms with van der Waals surface area (Å²) in [6, 6.07) is 10.1. The van der Waals surface area contributed by atoms with Gasteiger partial charge in [-0.2, -0.15) is 13.2 Å². The van der Waals surface area contributed by atoms with Gasteiger partial charge < -0.3 is 15.4 Å². The maximum absolute atomic E-state index is 13.3. The Balaban J connectivity index is 1.47. The van der Waals surface area contributed by atoms with Crippen LogP contribution in [0.3, 0.4) is 0 Å². The van der Waals surface area contributed by atoms with Crippen molar-refractivity contribution in [2.24, 2.45) is 16.6 Å². The van der Waals surface area contributed by atoms with Gasteiger partial charge >= 0.3 is 6.18 Å². The standard InChI is InChI=1S/C25H29F3N4O2/c26-25(27,28)19-5-1-2-7-22(19)34-18-12-15-32(16-13-18)24(21-6-3-4-14-30-21)31-20(23(29)33)11-10-17-8-9-17/h1-7,14,17-18,20H,8-13,15-16H2,(H2,29,33). The number of likely N-dealkylation sites (tertiary alicyclic amines) is 1. The minimum Gasteiger partial charge on any atom is -0.490 e. The summed E-state index contributed by atoms with van der Waals surface area (Å²) >= 11 is 0. The first-order valence-corrected chi connectivity index (χ1v) is 11.7. The summed E-state index contributed by atoms with van der Waals surface area (Å²) in [4.78, 5) is 23.3. The molecule has 34 heavy (non-hydrogen) atoms. The Morgan fingerprint density at radius 1 is 1.12 bits per heavy atom. The van der Waals surface area contributed by atoms with E-state index in [-0.39, 0.29) is 11.9 Å². The lowest BCUT2D eigenvalue weighted by Crippen LogP contribution is -2.43. The first kappa shape index (κ1) is 24.0. The van der Waals surface area contributed by atoms with E-state index in [1.807, 2.05) is 17.0 Å². The quantitative estimate of drug-likeness (QED) is 0.453. The highest BCUT2D eigenvalue weighted by molar-refractivity contribution is 5.98. The van der Waals surface area contributed by atoms with E-state index in [0.29, 0.717) is 49.8 Å². The Bertz CT molecular complexity index is 1000. The van der Waals surface area contributed by atoms with Crippen molar-refractivity contribution in [2.45, 2.75) is 56.8 Å². The predicted octanol–water partition coefficient (Wildman–Crippen LogP) is 4.43. The highest BCUT2D eigenvalue weighted by atomic mass is 19.4. The molecule has 1 aliphatic heterocycles. The van der Waals surface area contributed by atoms with Crippen LogP contribution in [-0.4, -0.2) is 46.9 Å². The zero-order valence-corrected chi connectivity index (χ0v) is 18.9. The number of pyridine rings is 1. The molecule has 1 saturated heterocycles. The van der Waals surface area contributed by atoms with Crippen LogP contribution >= 0.6 is 0 Å². The molecular weight excluding hydrogens is 445 g/mol. The second kappa shape index (κ2) is 10.4. The number of carbonyl (C=O) groups excluding carboxylic acids is 1. The Kier molecular flexibility index (Phi) is 7.38. The van der Waals surface area contributed by atoms with E-state index in [1.165, 1.54) is 31.0 Å². The molecule has 1 amide bonds. The molecule has 1 aromatic carbocycles. The SMILES string of the molecule is NC(=O)C(CCC1CC1)N=C(c1ccccn1)N1CCC(Oc2ccccc2C(F)(F)F)CC1. The van der Waals surface area contributed by atoms with E-state index in [9.17, 15) is 18.0 Å². The van der Waals surface area contributed by atoms with Crippen molar-refractivity contribution in [3.05, 3.63) is 59.9 Å². The third kappa shape index (κ3) is 6.27. The van der Waals surface area contributed by atoms with Crippen LogP contribution in [0.15, 0.2) is 53.7 Å². The second-order valence-electron chi connectivity index (χ2n) is 8.90. The number of benzene rings is 1. The topological polar surface area (TPSA) is 80.8 Å². The van der Waals surface area contributed by atoms with Crippen LogP contribution in [0.4, 0.5) is 13.2 Å². The Labute approximate surface area is 197 Å². The molecule has 2 N–H and O–H groups in total. The van der Waals surface area contributed by atoms with Gasteiger partial charge in [0, 0.05) is 32.1 Å². The van der Waals surface area contributed by atoms with Crippen molar-refractivity contribution in [1.82, 2.24) is 9.88 Å². The third-order valence-electron chi connectivity index (χ3n) is 6.27. The van der Waals surface area contributed by atoms with E-state index in [4.69, 9.17) is 15.5 Å². The molecule has 4 rings (SSSR count). The van der Waals surface area contributed by atoms with Crippen LogP contribution in [0.1, 0.15) is 49.8 Å². The minimum atomic E-state index is -4.47. The van der Waals surface area contributed by atoms with Crippen LogP contribution < -0.4 is 10.5 Å². The van der Waals surface area contributed by atoms with Crippen LogP contribution in [0, 0.1) is 5.92 Å². The fraction of sp³-hybridized carbons (Fsp3) is 0.480. The summed E-state index contributed by atoms with van der Waals surface area (Å²) in [5.41, 5.74) is 5.53.